The number of rotatable bonds is 6. The fourth-order valence-electron chi connectivity index (χ4n) is 2.81. The summed E-state index contributed by atoms with van der Waals surface area (Å²) in [6.45, 7) is 2.92. The molecule has 154 valence electrons. The number of amides is 1. The first-order valence-corrected chi connectivity index (χ1v) is 10.5. The van der Waals surface area contributed by atoms with Crippen molar-refractivity contribution in [3.8, 4) is 11.3 Å². The zero-order valence-corrected chi connectivity index (χ0v) is 16.8. The molecule has 0 fully saturated rings. The third-order valence-electron chi connectivity index (χ3n) is 4.36. The van der Waals surface area contributed by atoms with Crippen LogP contribution in [0.25, 0.3) is 22.4 Å². The highest BCUT2D eigenvalue weighted by Crippen LogP contribution is 2.36. The molecule has 0 aliphatic rings. The number of benzene rings is 1. The molecular weight excluding hydrogens is 401 g/mol. The minimum absolute atomic E-state index is 0.00104. The molecule has 0 saturated heterocycles. The maximum atomic E-state index is 13.3. The molecule has 3 aromatic rings. The minimum Gasteiger partial charge on any atom is -0.437 e. The number of pyridine rings is 1. The SMILES string of the molecule is CCS(=O)(=O)Nc1nc2oc(-c3ccc(F)cc3)c(C(=O)NC)c2cc1C(C)O. The average molecular weight is 421 g/mol. The lowest BCUT2D eigenvalue weighted by atomic mass is 10.0. The van der Waals surface area contributed by atoms with Crippen LogP contribution in [-0.4, -0.2) is 37.2 Å². The number of hydrogen-bond acceptors (Lipinski definition) is 6. The lowest BCUT2D eigenvalue weighted by Gasteiger charge is -2.13. The second-order valence-corrected chi connectivity index (χ2v) is 8.36. The van der Waals surface area contributed by atoms with Gasteiger partial charge in [-0.15, -0.1) is 0 Å². The number of aliphatic hydroxyl groups excluding tert-OH is 1. The largest absolute Gasteiger partial charge is 0.437 e. The van der Waals surface area contributed by atoms with Gasteiger partial charge in [0.15, 0.2) is 0 Å². The Bertz CT molecular complexity index is 1170. The highest BCUT2D eigenvalue weighted by atomic mass is 32.2. The van der Waals surface area contributed by atoms with Crippen molar-refractivity contribution in [1.29, 1.82) is 0 Å². The summed E-state index contributed by atoms with van der Waals surface area (Å²) < 4.78 is 45.4. The van der Waals surface area contributed by atoms with E-state index >= 15 is 0 Å². The maximum absolute atomic E-state index is 13.3. The molecule has 0 bridgehead atoms. The van der Waals surface area contributed by atoms with Crippen LogP contribution in [0, 0.1) is 5.82 Å². The van der Waals surface area contributed by atoms with Crippen molar-refractivity contribution in [1.82, 2.24) is 10.3 Å². The second-order valence-electron chi connectivity index (χ2n) is 6.35. The molecule has 0 radical (unpaired) electrons. The zero-order valence-electron chi connectivity index (χ0n) is 16.0. The molecule has 0 saturated carbocycles. The molecule has 29 heavy (non-hydrogen) atoms. The van der Waals surface area contributed by atoms with Gasteiger partial charge in [0.05, 0.1) is 22.8 Å². The van der Waals surface area contributed by atoms with Crippen LogP contribution < -0.4 is 10.0 Å². The number of fused-ring (bicyclic) bond motifs is 1. The monoisotopic (exact) mass is 421 g/mol. The van der Waals surface area contributed by atoms with Gasteiger partial charge in [0.25, 0.3) is 5.91 Å². The Morgan fingerprint density at radius 2 is 1.97 bits per heavy atom. The first kappa shape index (κ1) is 20.7. The molecule has 0 aliphatic heterocycles. The Morgan fingerprint density at radius 3 is 2.52 bits per heavy atom. The van der Waals surface area contributed by atoms with Crippen LogP contribution in [0.5, 0.6) is 0 Å². The molecule has 1 atom stereocenters. The number of carbonyl (C=O) groups is 1. The van der Waals surface area contributed by atoms with Gasteiger partial charge >= 0.3 is 0 Å². The summed E-state index contributed by atoms with van der Waals surface area (Å²) in [7, 11) is -2.22. The number of nitrogens with zero attached hydrogens (tertiary/aromatic N) is 1. The molecule has 0 aliphatic carbocycles. The number of furan rings is 1. The van der Waals surface area contributed by atoms with Crippen LogP contribution in [0.15, 0.2) is 34.7 Å². The predicted molar refractivity (Wildman–Crippen MR) is 107 cm³/mol. The number of hydrogen-bond donors (Lipinski definition) is 3. The summed E-state index contributed by atoms with van der Waals surface area (Å²) in [6.07, 6.45) is -1.07. The van der Waals surface area contributed by atoms with Gasteiger partial charge in [0, 0.05) is 18.2 Å². The Labute approximate surface area is 166 Å². The van der Waals surface area contributed by atoms with Crippen LogP contribution in [0.3, 0.4) is 0 Å². The van der Waals surface area contributed by atoms with E-state index in [1.54, 1.807) is 0 Å². The van der Waals surface area contributed by atoms with Crippen LogP contribution in [0.2, 0.25) is 0 Å². The quantitative estimate of drug-likeness (QED) is 0.563. The fourth-order valence-corrected chi connectivity index (χ4v) is 3.42. The highest BCUT2D eigenvalue weighted by molar-refractivity contribution is 7.92. The summed E-state index contributed by atoms with van der Waals surface area (Å²) in [5.41, 5.74) is 0.776. The normalized spacial score (nSPS) is 12.7. The number of halogens is 1. The van der Waals surface area contributed by atoms with Gasteiger partial charge in [-0.1, -0.05) is 0 Å². The van der Waals surface area contributed by atoms with Crippen molar-refractivity contribution in [3.05, 3.63) is 47.3 Å². The summed E-state index contributed by atoms with van der Waals surface area (Å²) in [5.74, 6) is -1.04. The third kappa shape index (κ3) is 4.08. The molecule has 1 unspecified atom stereocenters. The summed E-state index contributed by atoms with van der Waals surface area (Å²) in [6, 6.07) is 6.82. The van der Waals surface area contributed by atoms with Gasteiger partial charge in [-0.3, -0.25) is 9.52 Å². The minimum atomic E-state index is -3.66. The number of aromatic nitrogens is 1. The molecule has 3 rings (SSSR count). The maximum Gasteiger partial charge on any atom is 0.255 e. The van der Waals surface area contributed by atoms with Crippen LogP contribution in [-0.2, 0) is 10.0 Å². The van der Waals surface area contributed by atoms with Crippen LogP contribution in [0.4, 0.5) is 10.2 Å². The summed E-state index contributed by atoms with van der Waals surface area (Å²) in [4.78, 5) is 16.7. The Kier molecular flexibility index (Phi) is 5.58. The zero-order chi connectivity index (χ0) is 21.3. The van der Waals surface area contributed by atoms with E-state index < -0.39 is 27.9 Å². The highest BCUT2D eigenvalue weighted by Gasteiger charge is 2.26. The van der Waals surface area contributed by atoms with E-state index in [4.69, 9.17) is 4.42 Å². The molecule has 0 spiro atoms. The molecule has 8 nitrogen and oxygen atoms in total. The van der Waals surface area contributed by atoms with E-state index in [9.17, 15) is 22.7 Å². The van der Waals surface area contributed by atoms with Crippen LogP contribution in [0.1, 0.15) is 35.9 Å². The number of nitrogens with one attached hydrogen (secondary N) is 2. The molecular formula is C19H20FN3O5S. The van der Waals surface area contributed by atoms with Crippen molar-refractivity contribution < 1.29 is 27.1 Å². The van der Waals surface area contributed by atoms with Crippen LogP contribution >= 0.6 is 0 Å². The molecule has 10 heteroatoms. The number of carbonyl (C=O) groups excluding carboxylic acids is 1. The van der Waals surface area contributed by atoms with Gasteiger partial charge < -0.3 is 14.8 Å². The number of aliphatic hydroxyl groups is 1. The summed E-state index contributed by atoms with van der Waals surface area (Å²) in [5, 5.41) is 12.9. The van der Waals surface area contributed by atoms with Crippen molar-refractivity contribution in [2.45, 2.75) is 20.0 Å². The predicted octanol–water partition coefficient (Wildman–Crippen LogP) is 2.81. The lowest BCUT2D eigenvalue weighted by Crippen LogP contribution is -2.19. The van der Waals surface area contributed by atoms with Crippen molar-refractivity contribution in [2.75, 3.05) is 17.5 Å². The van der Waals surface area contributed by atoms with E-state index in [0.717, 1.165) is 0 Å². The Morgan fingerprint density at radius 1 is 1.31 bits per heavy atom. The van der Waals surface area contributed by atoms with E-state index in [1.807, 2.05) is 0 Å². The van der Waals surface area contributed by atoms with E-state index in [-0.39, 0.29) is 34.2 Å². The van der Waals surface area contributed by atoms with Crippen molar-refractivity contribution in [2.24, 2.45) is 0 Å². The number of sulfonamides is 1. The molecule has 3 N–H and O–H groups in total. The van der Waals surface area contributed by atoms with Crippen molar-refractivity contribution in [3.63, 3.8) is 0 Å². The summed E-state index contributed by atoms with van der Waals surface area (Å²) >= 11 is 0. The average Bonchev–Trinajstić information content (AvgIpc) is 3.05. The number of anilines is 1. The van der Waals surface area contributed by atoms with Gasteiger partial charge in [0.1, 0.15) is 17.4 Å². The first-order chi connectivity index (χ1) is 13.7. The smallest absolute Gasteiger partial charge is 0.255 e. The van der Waals surface area contributed by atoms with Gasteiger partial charge in [-0.05, 0) is 44.2 Å². The fraction of sp³-hybridized carbons (Fsp3) is 0.263. The van der Waals surface area contributed by atoms with E-state index in [2.05, 4.69) is 15.0 Å². The lowest BCUT2D eigenvalue weighted by molar-refractivity contribution is 0.0964. The molecule has 1 amide bonds. The molecule has 2 aromatic heterocycles. The van der Waals surface area contributed by atoms with E-state index in [0.29, 0.717) is 10.9 Å². The molecule has 1 aromatic carbocycles. The van der Waals surface area contributed by atoms with E-state index in [1.165, 1.54) is 51.2 Å². The Hall–Kier alpha value is -2.98. The second kappa shape index (κ2) is 7.80. The van der Waals surface area contributed by atoms with Gasteiger partial charge in [-0.25, -0.2) is 12.8 Å². The van der Waals surface area contributed by atoms with Gasteiger partial charge in [-0.2, -0.15) is 4.98 Å². The molecule has 2 heterocycles. The van der Waals surface area contributed by atoms with Crippen molar-refractivity contribution >= 4 is 32.8 Å². The third-order valence-corrected chi connectivity index (χ3v) is 5.62. The standard InChI is InChI=1S/C19H20FN3O5S/c1-4-29(26,27)23-17-13(10(2)24)9-14-15(18(25)21-3)16(28-19(14)22-17)11-5-7-12(20)8-6-11/h5-10,24H,4H2,1-3H3,(H,21,25)(H,22,23). The van der Waals surface area contributed by atoms with Gasteiger partial charge in [0.2, 0.25) is 15.7 Å². The topological polar surface area (TPSA) is 122 Å². The Balaban J connectivity index is 2.31. The first-order valence-electron chi connectivity index (χ1n) is 8.80.